The number of nitrogens with zero attached hydrogens (tertiary/aromatic N) is 2. The molecule has 30 heavy (non-hydrogen) atoms. The van der Waals surface area contributed by atoms with E-state index in [0.29, 0.717) is 34.9 Å². The van der Waals surface area contributed by atoms with Crippen molar-refractivity contribution in [2.75, 3.05) is 11.9 Å². The first-order valence-electron chi connectivity index (χ1n) is 9.80. The topological polar surface area (TPSA) is 56.2 Å². The summed E-state index contributed by atoms with van der Waals surface area (Å²) in [6.07, 6.45) is 0.255. The molecule has 0 aliphatic rings. The molecule has 5 nitrogen and oxygen atoms in total. The monoisotopic (exact) mass is 445 g/mol. The Morgan fingerprint density at radius 2 is 1.80 bits per heavy atom. The number of hydrogen-bond donors (Lipinski definition) is 1. The molecule has 1 N–H and O–H groups in total. The van der Waals surface area contributed by atoms with E-state index in [1.54, 1.807) is 12.1 Å². The van der Waals surface area contributed by atoms with Crippen molar-refractivity contribution in [1.82, 2.24) is 9.78 Å². The molecule has 0 spiro atoms. The first-order valence-corrected chi connectivity index (χ1v) is 10.6. The Morgan fingerprint density at radius 1 is 1.10 bits per heavy atom. The predicted molar refractivity (Wildman–Crippen MR) is 122 cm³/mol. The first kappa shape index (κ1) is 22.2. The third kappa shape index (κ3) is 6.25. The lowest BCUT2D eigenvalue weighted by Crippen LogP contribution is -2.15. The molecule has 3 aromatic rings. The second-order valence-corrected chi connectivity index (χ2v) is 8.51. The SMILES string of the molecule is Cc1cc(NC(=O)Cc2ccc(Cl)cc2)nn1Cc1cc(Cl)ccc1OCC(C)C. The molecule has 0 atom stereocenters. The Balaban J connectivity index is 1.69. The number of aromatic nitrogens is 2. The minimum absolute atomic E-state index is 0.134. The summed E-state index contributed by atoms with van der Waals surface area (Å²) in [7, 11) is 0. The van der Waals surface area contributed by atoms with Gasteiger partial charge in [-0.2, -0.15) is 5.10 Å². The van der Waals surface area contributed by atoms with Gasteiger partial charge in [-0.15, -0.1) is 0 Å². The molecule has 0 aliphatic heterocycles. The van der Waals surface area contributed by atoms with Crippen LogP contribution in [0.1, 0.15) is 30.7 Å². The van der Waals surface area contributed by atoms with Crippen molar-refractivity contribution in [1.29, 1.82) is 0 Å². The van der Waals surface area contributed by atoms with Crippen molar-refractivity contribution in [2.24, 2.45) is 5.92 Å². The molecule has 3 rings (SSSR count). The standard InChI is InChI=1S/C23H25Cl2N3O2/c1-15(2)14-30-21-9-8-20(25)12-18(21)13-28-16(3)10-22(27-28)26-23(29)11-17-4-6-19(24)7-5-17/h4-10,12,15H,11,13-14H2,1-3H3,(H,26,27,29). The number of carbonyl (C=O) groups is 1. The molecule has 0 unspecified atom stereocenters. The summed E-state index contributed by atoms with van der Waals surface area (Å²) in [5, 5.41) is 8.68. The Labute approximate surface area is 187 Å². The molecule has 0 radical (unpaired) electrons. The molecule has 1 aromatic heterocycles. The minimum atomic E-state index is -0.134. The van der Waals surface area contributed by atoms with Gasteiger partial charge in [0.15, 0.2) is 5.82 Å². The third-order valence-electron chi connectivity index (χ3n) is 4.44. The van der Waals surface area contributed by atoms with Gasteiger partial charge in [0, 0.05) is 27.4 Å². The maximum atomic E-state index is 12.4. The van der Waals surface area contributed by atoms with E-state index >= 15 is 0 Å². The fraction of sp³-hybridized carbons (Fsp3) is 0.304. The van der Waals surface area contributed by atoms with Gasteiger partial charge in [0.05, 0.1) is 19.6 Å². The minimum Gasteiger partial charge on any atom is -0.493 e. The molecular formula is C23H25Cl2N3O2. The predicted octanol–water partition coefficient (Wildman–Crippen LogP) is 5.76. The van der Waals surface area contributed by atoms with Crippen LogP contribution in [0.25, 0.3) is 0 Å². The Morgan fingerprint density at radius 3 is 2.50 bits per heavy atom. The lowest BCUT2D eigenvalue weighted by atomic mass is 10.1. The van der Waals surface area contributed by atoms with Crippen LogP contribution in [0.5, 0.6) is 5.75 Å². The number of rotatable bonds is 8. The van der Waals surface area contributed by atoms with Gasteiger partial charge in [0.25, 0.3) is 0 Å². The molecule has 0 bridgehead atoms. The molecule has 1 heterocycles. The van der Waals surface area contributed by atoms with Gasteiger partial charge in [-0.05, 0) is 48.7 Å². The highest BCUT2D eigenvalue weighted by Crippen LogP contribution is 2.25. The highest BCUT2D eigenvalue weighted by molar-refractivity contribution is 6.30. The second kappa shape index (κ2) is 10.0. The van der Waals surface area contributed by atoms with Crippen LogP contribution in [0.3, 0.4) is 0 Å². The largest absolute Gasteiger partial charge is 0.493 e. The van der Waals surface area contributed by atoms with Gasteiger partial charge in [-0.1, -0.05) is 49.2 Å². The maximum Gasteiger partial charge on any atom is 0.229 e. The highest BCUT2D eigenvalue weighted by atomic mass is 35.5. The van der Waals surface area contributed by atoms with Gasteiger partial charge < -0.3 is 10.1 Å². The molecule has 0 saturated heterocycles. The molecule has 1 amide bonds. The van der Waals surface area contributed by atoms with E-state index in [4.69, 9.17) is 27.9 Å². The lowest BCUT2D eigenvalue weighted by molar-refractivity contribution is -0.115. The first-order chi connectivity index (χ1) is 14.3. The molecule has 0 aliphatic carbocycles. The number of aryl methyl sites for hydroxylation is 1. The second-order valence-electron chi connectivity index (χ2n) is 7.64. The van der Waals surface area contributed by atoms with Gasteiger partial charge in [-0.25, -0.2) is 0 Å². The Hall–Kier alpha value is -2.50. The summed E-state index contributed by atoms with van der Waals surface area (Å²) in [5.41, 5.74) is 2.75. The molecule has 158 valence electrons. The Kier molecular flexibility index (Phi) is 7.40. The molecule has 2 aromatic carbocycles. The van der Waals surface area contributed by atoms with Crippen LogP contribution in [0.4, 0.5) is 5.82 Å². The number of hydrogen-bond acceptors (Lipinski definition) is 3. The van der Waals surface area contributed by atoms with E-state index in [1.165, 1.54) is 0 Å². The number of anilines is 1. The normalized spacial score (nSPS) is 11.0. The summed E-state index contributed by atoms with van der Waals surface area (Å²) < 4.78 is 7.76. The van der Waals surface area contributed by atoms with Crippen LogP contribution in [0, 0.1) is 12.8 Å². The van der Waals surface area contributed by atoms with Crippen LogP contribution in [-0.2, 0) is 17.8 Å². The number of carbonyl (C=O) groups excluding carboxylic acids is 1. The van der Waals surface area contributed by atoms with Crippen molar-refractivity contribution >= 4 is 34.9 Å². The Bertz CT molecular complexity index is 1010. The number of nitrogens with one attached hydrogen (secondary N) is 1. The van der Waals surface area contributed by atoms with E-state index in [0.717, 1.165) is 22.6 Å². The number of amides is 1. The molecular weight excluding hydrogens is 421 g/mol. The van der Waals surface area contributed by atoms with Crippen molar-refractivity contribution < 1.29 is 9.53 Å². The lowest BCUT2D eigenvalue weighted by Gasteiger charge is -2.14. The zero-order chi connectivity index (χ0) is 21.7. The van der Waals surface area contributed by atoms with Crippen LogP contribution in [-0.4, -0.2) is 22.3 Å². The third-order valence-corrected chi connectivity index (χ3v) is 4.93. The summed E-state index contributed by atoms with van der Waals surface area (Å²) in [6.45, 7) is 7.27. The number of benzene rings is 2. The van der Waals surface area contributed by atoms with E-state index < -0.39 is 0 Å². The molecule has 0 saturated carbocycles. The van der Waals surface area contributed by atoms with Crippen molar-refractivity contribution in [2.45, 2.75) is 33.7 Å². The van der Waals surface area contributed by atoms with Crippen LogP contribution < -0.4 is 10.1 Å². The zero-order valence-electron chi connectivity index (χ0n) is 17.3. The van der Waals surface area contributed by atoms with Crippen molar-refractivity contribution in [3.63, 3.8) is 0 Å². The smallest absolute Gasteiger partial charge is 0.229 e. The summed E-state index contributed by atoms with van der Waals surface area (Å²) in [4.78, 5) is 12.4. The van der Waals surface area contributed by atoms with Gasteiger partial charge in [-0.3, -0.25) is 9.48 Å². The summed E-state index contributed by atoms with van der Waals surface area (Å²) in [6, 6.07) is 14.6. The van der Waals surface area contributed by atoms with Crippen molar-refractivity contribution in [3.8, 4) is 5.75 Å². The van der Waals surface area contributed by atoms with E-state index in [-0.39, 0.29) is 12.3 Å². The van der Waals surface area contributed by atoms with Gasteiger partial charge in [0.1, 0.15) is 5.75 Å². The average molecular weight is 446 g/mol. The van der Waals surface area contributed by atoms with Crippen molar-refractivity contribution in [3.05, 3.63) is 75.4 Å². The van der Waals surface area contributed by atoms with Gasteiger partial charge in [0.2, 0.25) is 5.91 Å². The molecule has 7 heteroatoms. The van der Waals surface area contributed by atoms with Crippen LogP contribution in [0.2, 0.25) is 10.0 Å². The van der Waals surface area contributed by atoms with E-state index in [1.807, 2.05) is 48.0 Å². The fourth-order valence-corrected chi connectivity index (χ4v) is 3.26. The zero-order valence-corrected chi connectivity index (χ0v) is 18.8. The quantitative estimate of drug-likeness (QED) is 0.479. The fourth-order valence-electron chi connectivity index (χ4n) is 2.94. The molecule has 0 fully saturated rings. The summed E-state index contributed by atoms with van der Waals surface area (Å²) in [5.74, 6) is 1.59. The average Bonchev–Trinajstić information content (AvgIpc) is 3.01. The van der Waals surface area contributed by atoms with Gasteiger partial charge >= 0.3 is 0 Å². The maximum absolute atomic E-state index is 12.4. The van der Waals surface area contributed by atoms with E-state index in [9.17, 15) is 4.79 Å². The van der Waals surface area contributed by atoms with E-state index in [2.05, 4.69) is 24.3 Å². The number of halogens is 2. The summed E-state index contributed by atoms with van der Waals surface area (Å²) >= 11 is 12.1. The number of ether oxygens (including phenoxy) is 1. The van der Waals surface area contributed by atoms with Crippen LogP contribution in [0.15, 0.2) is 48.5 Å². The highest BCUT2D eigenvalue weighted by Gasteiger charge is 2.12. The van der Waals surface area contributed by atoms with Crippen LogP contribution >= 0.6 is 23.2 Å².